The Labute approximate surface area is 130 Å². The molecule has 0 amide bonds. The predicted molar refractivity (Wildman–Crippen MR) is 82.1 cm³/mol. The zero-order valence-corrected chi connectivity index (χ0v) is 13.3. The van der Waals surface area contributed by atoms with Gasteiger partial charge in [-0.15, -0.1) is 0 Å². The van der Waals surface area contributed by atoms with Gasteiger partial charge in [-0.1, -0.05) is 11.6 Å². The van der Waals surface area contributed by atoms with Gasteiger partial charge >= 0.3 is 0 Å². The third-order valence-corrected chi connectivity index (χ3v) is 4.07. The zero-order valence-electron chi connectivity index (χ0n) is 10.9. The van der Waals surface area contributed by atoms with Crippen molar-refractivity contribution in [1.82, 2.24) is 0 Å². The maximum Gasteiger partial charge on any atom is 0.196 e. The highest BCUT2D eigenvalue weighted by Crippen LogP contribution is 2.29. The van der Waals surface area contributed by atoms with Gasteiger partial charge in [-0.05, 0) is 52.3 Å². The summed E-state index contributed by atoms with van der Waals surface area (Å²) >= 11 is 9.32. The van der Waals surface area contributed by atoms with Gasteiger partial charge in [0.15, 0.2) is 5.78 Å². The Balaban J connectivity index is 2.48. The summed E-state index contributed by atoms with van der Waals surface area (Å²) in [6, 6.07) is 10.2. The first-order valence-electron chi connectivity index (χ1n) is 5.78. The van der Waals surface area contributed by atoms with Crippen LogP contribution in [-0.2, 0) is 0 Å². The summed E-state index contributed by atoms with van der Waals surface area (Å²) in [7, 11) is 3.07. The molecule has 0 atom stereocenters. The number of hydrogen-bond donors (Lipinski definition) is 0. The minimum Gasteiger partial charge on any atom is -0.497 e. The molecule has 0 unspecified atom stereocenters. The fraction of sp³-hybridized carbons (Fsp3) is 0.133. The van der Waals surface area contributed by atoms with Crippen molar-refractivity contribution in [2.45, 2.75) is 0 Å². The van der Waals surface area contributed by atoms with E-state index < -0.39 is 0 Å². The lowest BCUT2D eigenvalue weighted by Crippen LogP contribution is -2.04. The van der Waals surface area contributed by atoms with Gasteiger partial charge in [0.1, 0.15) is 11.5 Å². The number of rotatable bonds is 4. The van der Waals surface area contributed by atoms with Crippen LogP contribution in [0, 0.1) is 0 Å². The van der Waals surface area contributed by atoms with Crippen LogP contribution in [0.2, 0.25) is 5.02 Å². The Morgan fingerprint density at radius 3 is 2.45 bits per heavy atom. The molecule has 0 aliphatic heterocycles. The number of ether oxygens (including phenoxy) is 2. The van der Waals surface area contributed by atoms with Crippen molar-refractivity contribution in [3.63, 3.8) is 0 Å². The summed E-state index contributed by atoms with van der Waals surface area (Å²) in [5, 5.41) is 0.484. The molecule has 104 valence electrons. The van der Waals surface area contributed by atoms with Crippen molar-refractivity contribution in [2.24, 2.45) is 0 Å². The Morgan fingerprint density at radius 2 is 1.85 bits per heavy atom. The van der Waals surface area contributed by atoms with Crippen molar-refractivity contribution in [2.75, 3.05) is 14.2 Å². The van der Waals surface area contributed by atoms with E-state index in [1.165, 1.54) is 7.11 Å². The average molecular weight is 356 g/mol. The predicted octanol–water partition coefficient (Wildman–Crippen LogP) is 4.35. The molecule has 0 saturated carbocycles. The van der Waals surface area contributed by atoms with Gasteiger partial charge in [0, 0.05) is 10.0 Å². The number of halogens is 2. The van der Waals surface area contributed by atoms with Crippen LogP contribution in [0.3, 0.4) is 0 Å². The molecule has 0 aliphatic rings. The maximum atomic E-state index is 12.5. The number of methoxy groups -OCH3 is 2. The van der Waals surface area contributed by atoms with E-state index >= 15 is 0 Å². The smallest absolute Gasteiger partial charge is 0.196 e. The molecular formula is C15H12BrClO3. The van der Waals surface area contributed by atoms with Gasteiger partial charge in [0.05, 0.1) is 24.8 Å². The highest BCUT2D eigenvalue weighted by Gasteiger charge is 2.16. The molecule has 0 aromatic heterocycles. The van der Waals surface area contributed by atoms with Crippen LogP contribution >= 0.6 is 27.5 Å². The Kier molecular flexibility index (Phi) is 4.68. The second-order valence-corrected chi connectivity index (χ2v) is 5.29. The molecule has 3 nitrogen and oxygen atoms in total. The van der Waals surface area contributed by atoms with E-state index in [0.29, 0.717) is 27.6 Å². The molecule has 0 bridgehead atoms. The molecule has 0 spiro atoms. The zero-order chi connectivity index (χ0) is 14.7. The molecule has 0 heterocycles. The van der Waals surface area contributed by atoms with Crippen LogP contribution < -0.4 is 9.47 Å². The van der Waals surface area contributed by atoms with E-state index in [4.69, 9.17) is 21.1 Å². The van der Waals surface area contributed by atoms with E-state index in [2.05, 4.69) is 15.9 Å². The summed E-state index contributed by atoms with van der Waals surface area (Å²) in [6.07, 6.45) is 0. The molecule has 20 heavy (non-hydrogen) atoms. The van der Waals surface area contributed by atoms with Crippen LogP contribution in [0.4, 0.5) is 0 Å². The van der Waals surface area contributed by atoms with Crippen molar-refractivity contribution >= 4 is 33.3 Å². The van der Waals surface area contributed by atoms with E-state index in [1.54, 1.807) is 43.5 Å². The molecule has 0 saturated heterocycles. The number of ketones is 1. The topological polar surface area (TPSA) is 35.5 Å². The standard InChI is InChI=1S/C15H12BrClO3/c1-19-10-4-6-14(20-2)11(8-10)15(18)9-3-5-12(16)13(17)7-9/h3-8H,1-2H3. The summed E-state index contributed by atoms with van der Waals surface area (Å²) in [4.78, 5) is 12.5. The highest BCUT2D eigenvalue weighted by molar-refractivity contribution is 9.10. The number of carbonyl (C=O) groups is 1. The van der Waals surface area contributed by atoms with Crippen LogP contribution in [-0.4, -0.2) is 20.0 Å². The fourth-order valence-corrected chi connectivity index (χ4v) is 2.21. The molecule has 2 aromatic rings. The molecule has 2 aromatic carbocycles. The second-order valence-electron chi connectivity index (χ2n) is 4.02. The molecular weight excluding hydrogens is 344 g/mol. The normalized spacial score (nSPS) is 10.2. The molecule has 0 fully saturated rings. The van der Waals surface area contributed by atoms with Gasteiger partial charge in [0.2, 0.25) is 0 Å². The molecule has 5 heteroatoms. The fourth-order valence-electron chi connectivity index (χ4n) is 1.78. The molecule has 2 rings (SSSR count). The van der Waals surface area contributed by atoms with Gasteiger partial charge in [-0.3, -0.25) is 4.79 Å². The van der Waals surface area contributed by atoms with Gasteiger partial charge in [-0.25, -0.2) is 0 Å². The van der Waals surface area contributed by atoms with E-state index in [0.717, 1.165) is 4.47 Å². The van der Waals surface area contributed by atoms with Gasteiger partial charge < -0.3 is 9.47 Å². The van der Waals surface area contributed by atoms with Crippen LogP contribution in [0.15, 0.2) is 40.9 Å². The molecule has 0 aliphatic carbocycles. The molecule has 0 radical (unpaired) electrons. The minimum atomic E-state index is -0.171. The SMILES string of the molecule is COc1ccc(OC)c(C(=O)c2ccc(Br)c(Cl)c2)c1. The van der Waals surface area contributed by atoms with Crippen LogP contribution in [0.5, 0.6) is 11.5 Å². The summed E-state index contributed by atoms with van der Waals surface area (Å²) in [5.74, 6) is 0.919. The summed E-state index contributed by atoms with van der Waals surface area (Å²) < 4.78 is 11.1. The molecule has 0 N–H and O–H groups in total. The first kappa shape index (κ1) is 14.9. The number of benzene rings is 2. The summed E-state index contributed by atoms with van der Waals surface area (Å²) in [5.41, 5.74) is 0.926. The Morgan fingerprint density at radius 1 is 1.10 bits per heavy atom. The Bertz CT molecular complexity index is 656. The van der Waals surface area contributed by atoms with E-state index in [9.17, 15) is 4.79 Å². The van der Waals surface area contributed by atoms with Crippen molar-refractivity contribution in [3.8, 4) is 11.5 Å². The first-order valence-corrected chi connectivity index (χ1v) is 6.95. The maximum absolute atomic E-state index is 12.5. The van der Waals surface area contributed by atoms with Crippen LogP contribution in [0.1, 0.15) is 15.9 Å². The lowest BCUT2D eigenvalue weighted by atomic mass is 10.0. The van der Waals surface area contributed by atoms with Crippen molar-refractivity contribution in [3.05, 3.63) is 57.0 Å². The monoisotopic (exact) mass is 354 g/mol. The number of hydrogen-bond acceptors (Lipinski definition) is 3. The van der Waals surface area contributed by atoms with E-state index in [-0.39, 0.29) is 5.78 Å². The van der Waals surface area contributed by atoms with Gasteiger partial charge in [-0.2, -0.15) is 0 Å². The second kappa shape index (κ2) is 6.29. The lowest BCUT2D eigenvalue weighted by Gasteiger charge is -2.10. The minimum absolute atomic E-state index is 0.171. The first-order chi connectivity index (χ1) is 9.56. The van der Waals surface area contributed by atoms with Crippen LogP contribution in [0.25, 0.3) is 0 Å². The van der Waals surface area contributed by atoms with Gasteiger partial charge in [0.25, 0.3) is 0 Å². The lowest BCUT2D eigenvalue weighted by molar-refractivity contribution is 0.103. The third kappa shape index (κ3) is 2.97. The number of carbonyl (C=O) groups excluding carboxylic acids is 1. The highest BCUT2D eigenvalue weighted by atomic mass is 79.9. The van der Waals surface area contributed by atoms with Crippen molar-refractivity contribution < 1.29 is 14.3 Å². The average Bonchev–Trinajstić information content (AvgIpc) is 2.48. The Hall–Kier alpha value is -1.52. The van der Waals surface area contributed by atoms with E-state index in [1.807, 2.05) is 0 Å². The summed E-state index contributed by atoms with van der Waals surface area (Å²) in [6.45, 7) is 0. The van der Waals surface area contributed by atoms with Crippen molar-refractivity contribution in [1.29, 1.82) is 0 Å². The largest absolute Gasteiger partial charge is 0.497 e. The quantitative estimate of drug-likeness (QED) is 0.765. The third-order valence-electron chi connectivity index (χ3n) is 2.83.